The lowest BCUT2D eigenvalue weighted by atomic mass is 9.84. The number of rotatable bonds is 3. The quantitative estimate of drug-likeness (QED) is 0.902. The minimum Gasteiger partial charge on any atom is -0.481 e. The van der Waals surface area contributed by atoms with Crippen LogP contribution in [0.25, 0.3) is 11.1 Å². The Morgan fingerprint density at radius 2 is 1.63 bits per heavy atom. The Labute approximate surface area is 117 Å². The van der Waals surface area contributed by atoms with Gasteiger partial charge in [-0.25, -0.2) is 0 Å². The lowest BCUT2D eigenvalue weighted by Gasteiger charge is -2.20. The molecule has 2 nitrogen and oxygen atoms in total. The molecule has 0 aliphatic rings. The van der Waals surface area contributed by atoms with E-state index < -0.39 is 11.4 Å². The van der Waals surface area contributed by atoms with Crippen molar-refractivity contribution in [3.8, 4) is 11.1 Å². The monoisotopic (exact) mass is 274 g/mol. The van der Waals surface area contributed by atoms with Crippen LogP contribution in [-0.2, 0) is 10.2 Å². The highest BCUT2D eigenvalue weighted by Gasteiger charge is 2.29. The SMILES string of the molecule is CC(C)(C(=O)O)c1ccc(-c2ccccc2Cl)cc1. The molecule has 0 heterocycles. The first-order valence-corrected chi connectivity index (χ1v) is 6.39. The standard InChI is InChI=1S/C16H15ClO2/c1-16(2,15(18)19)12-9-7-11(8-10-12)13-5-3-4-6-14(13)17/h3-10H,1-2H3,(H,18,19). The molecule has 2 aromatic carbocycles. The van der Waals surface area contributed by atoms with E-state index in [4.69, 9.17) is 11.6 Å². The maximum Gasteiger partial charge on any atom is 0.313 e. The lowest BCUT2D eigenvalue weighted by molar-refractivity contribution is -0.142. The molecule has 3 heteroatoms. The van der Waals surface area contributed by atoms with Crippen molar-refractivity contribution in [1.29, 1.82) is 0 Å². The summed E-state index contributed by atoms with van der Waals surface area (Å²) in [6.07, 6.45) is 0. The van der Waals surface area contributed by atoms with Crippen molar-refractivity contribution in [1.82, 2.24) is 0 Å². The molecule has 0 fully saturated rings. The van der Waals surface area contributed by atoms with Crippen LogP contribution in [0, 0.1) is 0 Å². The number of carboxylic acids is 1. The molecule has 0 aromatic heterocycles. The smallest absolute Gasteiger partial charge is 0.313 e. The van der Waals surface area contributed by atoms with Gasteiger partial charge >= 0.3 is 5.97 Å². The van der Waals surface area contributed by atoms with Crippen molar-refractivity contribution in [3.05, 3.63) is 59.1 Å². The van der Waals surface area contributed by atoms with Crippen LogP contribution in [0.4, 0.5) is 0 Å². The largest absolute Gasteiger partial charge is 0.481 e. The number of hydrogen-bond donors (Lipinski definition) is 1. The van der Waals surface area contributed by atoms with Crippen molar-refractivity contribution >= 4 is 17.6 Å². The van der Waals surface area contributed by atoms with Crippen LogP contribution >= 0.6 is 11.6 Å². The van der Waals surface area contributed by atoms with Crippen LogP contribution in [0.1, 0.15) is 19.4 Å². The molecule has 19 heavy (non-hydrogen) atoms. The van der Waals surface area contributed by atoms with E-state index >= 15 is 0 Å². The second kappa shape index (κ2) is 5.06. The van der Waals surface area contributed by atoms with Crippen molar-refractivity contribution in [3.63, 3.8) is 0 Å². The van der Waals surface area contributed by atoms with Crippen molar-refractivity contribution in [2.24, 2.45) is 0 Å². The maximum atomic E-state index is 11.2. The summed E-state index contributed by atoms with van der Waals surface area (Å²) in [5, 5.41) is 9.89. The van der Waals surface area contributed by atoms with E-state index in [1.165, 1.54) is 0 Å². The zero-order chi connectivity index (χ0) is 14.0. The molecule has 0 atom stereocenters. The fraction of sp³-hybridized carbons (Fsp3) is 0.188. The van der Waals surface area contributed by atoms with E-state index in [0.29, 0.717) is 5.02 Å². The minimum absolute atomic E-state index is 0.688. The Kier molecular flexibility index (Phi) is 3.63. The predicted molar refractivity (Wildman–Crippen MR) is 77.5 cm³/mol. The Balaban J connectivity index is 2.40. The molecular formula is C16H15ClO2. The molecule has 0 aliphatic heterocycles. The lowest BCUT2D eigenvalue weighted by Crippen LogP contribution is -2.28. The van der Waals surface area contributed by atoms with Crippen LogP contribution in [0.3, 0.4) is 0 Å². The normalized spacial score (nSPS) is 11.3. The average Bonchev–Trinajstić information content (AvgIpc) is 2.39. The summed E-state index contributed by atoms with van der Waals surface area (Å²) in [7, 11) is 0. The molecular weight excluding hydrogens is 260 g/mol. The van der Waals surface area contributed by atoms with Gasteiger partial charge in [0, 0.05) is 10.6 Å². The first kappa shape index (κ1) is 13.6. The molecule has 0 saturated heterocycles. The molecule has 0 aliphatic carbocycles. The molecule has 2 rings (SSSR count). The Morgan fingerprint density at radius 3 is 2.16 bits per heavy atom. The number of carboxylic acid groups (broad SMARTS) is 1. The van der Waals surface area contributed by atoms with Gasteiger partial charge < -0.3 is 5.11 Å². The molecule has 0 saturated carbocycles. The van der Waals surface area contributed by atoms with Gasteiger partial charge in [0.05, 0.1) is 5.41 Å². The van der Waals surface area contributed by atoms with E-state index in [1.54, 1.807) is 13.8 Å². The molecule has 0 spiro atoms. The van der Waals surface area contributed by atoms with Crippen LogP contribution in [0.5, 0.6) is 0 Å². The zero-order valence-electron chi connectivity index (χ0n) is 10.9. The molecule has 2 aromatic rings. The van der Waals surface area contributed by atoms with Gasteiger partial charge in [-0.3, -0.25) is 4.79 Å². The summed E-state index contributed by atoms with van der Waals surface area (Å²) in [5.74, 6) is -0.835. The fourth-order valence-electron chi connectivity index (χ4n) is 1.89. The molecule has 0 unspecified atom stereocenters. The number of aliphatic carboxylic acids is 1. The summed E-state index contributed by atoms with van der Waals surface area (Å²) in [4.78, 5) is 11.2. The van der Waals surface area contributed by atoms with Gasteiger partial charge in [0.1, 0.15) is 0 Å². The first-order valence-electron chi connectivity index (χ1n) is 6.02. The van der Waals surface area contributed by atoms with Gasteiger partial charge in [-0.05, 0) is 31.0 Å². The number of benzene rings is 2. The van der Waals surface area contributed by atoms with E-state index in [2.05, 4.69) is 0 Å². The number of carbonyl (C=O) groups is 1. The fourth-order valence-corrected chi connectivity index (χ4v) is 2.13. The zero-order valence-corrected chi connectivity index (χ0v) is 11.6. The van der Waals surface area contributed by atoms with Crippen LogP contribution in [0.2, 0.25) is 5.02 Å². The minimum atomic E-state index is -0.890. The van der Waals surface area contributed by atoms with Gasteiger partial charge in [0.15, 0.2) is 0 Å². The highest BCUT2D eigenvalue weighted by atomic mass is 35.5. The molecule has 0 radical (unpaired) electrons. The second-order valence-electron chi connectivity index (χ2n) is 4.99. The highest BCUT2D eigenvalue weighted by Crippen LogP contribution is 2.30. The molecule has 0 bridgehead atoms. The maximum absolute atomic E-state index is 11.2. The number of halogens is 1. The van der Waals surface area contributed by atoms with Crippen LogP contribution < -0.4 is 0 Å². The summed E-state index contributed by atoms with van der Waals surface area (Å²) < 4.78 is 0. The van der Waals surface area contributed by atoms with Crippen molar-refractivity contribution in [2.75, 3.05) is 0 Å². The topological polar surface area (TPSA) is 37.3 Å². The Hall–Kier alpha value is -1.80. The van der Waals surface area contributed by atoms with Gasteiger partial charge in [0.2, 0.25) is 0 Å². The highest BCUT2D eigenvalue weighted by molar-refractivity contribution is 6.33. The third-order valence-electron chi connectivity index (χ3n) is 3.33. The number of hydrogen-bond acceptors (Lipinski definition) is 1. The van der Waals surface area contributed by atoms with E-state index in [1.807, 2.05) is 48.5 Å². The van der Waals surface area contributed by atoms with Gasteiger partial charge in [-0.1, -0.05) is 54.1 Å². The van der Waals surface area contributed by atoms with Crippen LogP contribution in [0.15, 0.2) is 48.5 Å². The summed E-state index contributed by atoms with van der Waals surface area (Å²) in [5.41, 5.74) is 1.81. The van der Waals surface area contributed by atoms with Crippen LogP contribution in [-0.4, -0.2) is 11.1 Å². The molecule has 1 N–H and O–H groups in total. The predicted octanol–water partition coefficient (Wildman–Crippen LogP) is 4.37. The third-order valence-corrected chi connectivity index (χ3v) is 3.66. The molecule has 98 valence electrons. The summed E-state index contributed by atoms with van der Waals surface area (Å²) >= 11 is 6.14. The molecule has 0 amide bonds. The van der Waals surface area contributed by atoms with E-state index in [-0.39, 0.29) is 0 Å². The second-order valence-corrected chi connectivity index (χ2v) is 5.39. The van der Waals surface area contributed by atoms with Gasteiger partial charge in [0.25, 0.3) is 0 Å². The van der Waals surface area contributed by atoms with E-state index in [0.717, 1.165) is 16.7 Å². The van der Waals surface area contributed by atoms with Crippen molar-refractivity contribution < 1.29 is 9.90 Å². The van der Waals surface area contributed by atoms with E-state index in [9.17, 15) is 9.90 Å². The first-order chi connectivity index (χ1) is 8.93. The van der Waals surface area contributed by atoms with Gasteiger partial charge in [-0.15, -0.1) is 0 Å². The van der Waals surface area contributed by atoms with Crippen molar-refractivity contribution in [2.45, 2.75) is 19.3 Å². The third kappa shape index (κ3) is 2.64. The average molecular weight is 275 g/mol. The summed E-state index contributed by atoms with van der Waals surface area (Å²) in [6, 6.07) is 15.1. The van der Waals surface area contributed by atoms with Gasteiger partial charge in [-0.2, -0.15) is 0 Å². The Morgan fingerprint density at radius 1 is 1.05 bits per heavy atom. The Bertz CT molecular complexity index is 600. The summed E-state index contributed by atoms with van der Waals surface area (Å²) in [6.45, 7) is 3.39.